The van der Waals surface area contributed by atoms with Gasteiger partial charge in [-0.15, -0.1) is 0 Å². The van der Waals surface area contributed by atoms with Gasteiger partial charge in [0.25, 0.3) is 5.91 Å². The number of hydrogen-bond acceptors (Lipinski definition) is 6. The summed E-state index contributed by atoms with van der Waals surface area (Å²) in [5.41, 5.74) is 1.02. The lowest BCUT2D eigenvalue weighted by atomic mass is 9.85. The first-order valence-electron chi connectivity index (χ1n) is 10.6. The van der Waals surface area contributed by atoms with Crippen LogP contribution in [0.4, 0.5) is 11.4 Å². The van der Waals surface area contributed by atoms with Crippen LogP contribution in [0.3, 0.4) is 0 Å². The van der Waals surface area contributed by atoms with Gasteiger partial charge >= 0.3 is 0 Å². The van der Waals surface area contributed by atoms with E-state index in [0.717, 1.165) is 4.90 Å². The molecule has 0 saturated carbocycles. The highest BCUT2D eigenvalue weighted by atomic mass is 16.7. The first-order chi connectivity index (χ1) is 16.0. The number of carbonyl (C=O) groups excluding carboxylic acids is 4. The standard InChI is InChI=1S/C24H21N3O6/c28-21(12-27-23(30)15-5-1-2-6-16(15)24(27)31)26-18-8-4-3-7-17(18)22(29)25-14-9-10-19-20(11-14)33-13-32-19/h1-4,7-11,15-16H,5-6,12-13H2,(H,25,29)(H,26,28). The minimum Gasteiger partial charge on any atom is -0.454 e. The smallest absolute Gasteiger partial charge is 0.257 e. The fourth-order valence-electron chi connectivity index (χ4n) is 4.32. The van der Waals surface area contributed by atoms with Crippen molar-refractivity contribution in [3.05, 3.63) is 60.2 Å². The van der Waals surface area contributed by atoms with Crippen molar-refractivity contribution in [2.45, 2.75) is 12.8 Å². The van der Waals surface area contributed by atoms with Crippen molar-refractivity contribution >= 4 is 35.0 Å². The van der Waals surface area contributed by atoms with Crippen LogP contribution in [-0.2, 0) is 14.4 Å². The van der Waals surface area contributed by atoms with E-state index in [1.165, 1.54) is 0 Å². The van der Waals surface area contributed by atoms with Crippen LogP contribution in [0.15, 0.2) is 54.6 Å². The molecule has 4 amide bonds. The number of para-hydroxylation sites is 1. The highest BCUT2D eigenvalue weighted by molar-refractivity contribution is 6.12. The van der Waals surface area contributed by atoms with Gasteiger partial charge in [0.2, 0.25) is 24.5 Å². The maximum atomic E-state index is 12.9. The van der Waals surface area contributed by atoms with Gasteiger partial charge in [0, 0.05) is 11.8 Å². The number of hydrogen-bond donors (Lipinski definition) is 2. The van der Waals surface area contributed by atoms with Gasteiger partial charge in [-0.3, -0.25) is 24.1 Å². The Morgan fingerprint density at radius 1 is 0.909 bits per heavy atom. The van der Waals surface area contributed by atoms with Crippen molar-refractivity contribution in [3.63, 3.8) is 0 Å². The third-order valence-corrected chi connectivity index (χ3v) is 5.98. The molecular weight excluding hydrogens is 426 g/mol. The SMILES string of the molecule is O=C(CN1C(=O)C2CC=CCC2C1=O)Nc1ccccc1C(=O)Nc1ccc2c(c1)OCO2. The molecule has 1 fully saturated rings. The van der Waals surface area contributed by atoms with E-state index < -0.39 is 23.7 Å². The van der Waals surface area contributed by atoms with Gasteiger partial charge in [-0.1, -0.05) is 24.3 Å². The van der Waals surface area contributed by atoms with Crippen molar-refractivity contribution < 1.29 is 28.7 Å². The van der Waals surface area contributed by atoms with E-state index in [1.807, 2.05) is 12.2 Å². The fourth-order valence-corrected chi connectivity index (χ4v) is 4.32. The van der Waals surface area contributed by atoms with Crippen LogP contribution in [-0.4, -0.2) is 41.9 Å². The first-order valence-corrected chi connectivity index (χ1v) is 10.6. The van der Waals surface area contributed by atoms with E-state index in [2.05, 4.69) is 10.6 Å². The van der Waals surface area contributed by atoms with Crippen LogP contribution < -0.4 is 20.1 Å². The second-order valence-corrected chi connectivity index (χ2v) is 8.03. The summed E-state index contributed by atoms with van der Waals surface area (Å²) >= 11 is 0. The molecule has 1 aliphatic carbocycles. The van der Waals surface area contributed by atoms with Gasteiger partial charge < -0.3 is 20.1 Å². The van der Waals surface area contributed by atoms with Crippen molar-refractivity contribution in [3.8, 4) is 11.5 Å². The minimum absolute atomic E-state index is 0.127. The molecule has 1 saturated heterocycles. The number of nitrogens with zero attached hydrogens (tertiary/aromatic N) is 1. The topological polar surface area (TPSA) is 114 Å². The molecular formula is C24H21N3O6. The highest BCUT2D eigenvalue weighted by Gasteiger charge is 2.47. The van der Waals surface area contributed by atoms with Crippen molar-refractivity contribution in [2.24, 2.45) is 11.8 Å². The maximum absolute atomic E-state index is 12.9. The molecule has 3 aliphatic rings. The highest BCUT2D eigenvalue weighted by Crippen LogP contribution is 2.35. The average molecular weight is 447 g/mol. The molecule has 2 heterocycles. The van der Waals surface area contributed by atoms with E-state index in [9.17, 15) is 19.2 Å². The molecule has 9 heteroatoms. The summed E-state index contributed by atoms with van der Waals surface area (Å²) in [5, 5.41) is 5.43. The monoisotopic (exact) mass is 447 g/mol. The van der Waals surface area contributed by atoms with Gasteiger partial charge in [-0.25, -0.2) is 0 Å². The van der Waals surface area contributed by atoms with Crippen molar-refractivity contribution in [1.29, 1.82) is 0 Å². The van der Waals surface area contributed by atoms with Crippen LogP contribution >= 0.6 is 0 Å². The van der Waals surface area contributed by atoms with Gasteiger partial charge in [0.1, 0.15) is 6.54 Å². The van der Waals surface area contributed by atoms with Gasteiger partial charge in [-0.2, -0.15) is 0 Å². The minimum atomic E-state index is -0.549. The van der Waals surface area contributed by atoms with Crippen LogP contribution in [0.2, 0.25) is 0 Å². The number of benzene rings is 2. The van der Waals surface area contributed by atoms with E-state index in [4.69, 9.17) is 9.47 Å². The lowest BCUT2D eigenvalue weighted by molar-refractivity contribution is -0.142. The summed E-state index contributed by atoms with van der Waals surface area (Å²) in [6.45, 7) is -0.260. The average Bonchev–Trinajstić information content (AvgIpc) is 3.38. The molecule has 2 N–H and O–H groups in total. The Labute approximate surface area is 189 Å². The third kappa shape index (κ3) is 3.93. The van der Waals surface area contributed by atoms with Crippen LogP contribution in [0, 0.1) is 11.8 Å². The summed E-state index contributed by atoms with van der Waals surface area (Å²) in [4.78, 5) is 51.8. The zero-order chi connectivity index (χ0) is 22.9. The number of fused-ring (bicyclic) bond motifs is 2. The number of carbonyl (C=O) groups is 4. The second kappa shape index (κ2) is 8.42. The summed E-state index contributed by atoms with van der Waals surface area (Å²) in [6, 6.07) is 11.6. The largest absolute Gasteiger partial charge is 0.454 e. The Morgan fingerprint density at radius 2 is 1.61 bits per heavy atom. The van der Waals surface area contributed by atoms with Crippen molar-refractivity contribution in [2.75, 3.05) is 24.0 Å². The van der Waals surface area contributed by atoms with Crippen molar-refractivity contribution in [1.82, 2.24) is 4.90 Å². The molecule has 168 valence electrons. The molecule has 0 radical (unpaired) electrons. The number of nitrogens with one attached hydrogen (secondary N) is 2. The zero-order valence-electron chi connectivity index (χ0n) is 17.6. The third-order valence-electron chi connectivity index (χ3n) is 5.98. The molecule has 9 nitrogen and oxygen atoms in total. The Kier molecular flexibility index (Phi) is 5.29. The van der Waals surface area contributed by atoms with E-state index >= 15 is 0 Å². The van der Waals surface area contributed by atoms with Gasteiger partial charge in [-0.05, 0) is 37.1 Å². The maximum Gasteiger partial charge on any atom is 0.257 e. The number of imide groups is 1. The van der Waals surface area contributed by atoms with Crippen LogP contribution in [0.25, 0.3) is 0 Å². The number of likely N-dealkylation sites (tertiary alicyclic amines) is 1. The van der Waals surface area contributed by atoms with E-state index in [0.29, 0.717) is 30.0 Å². The number of ether oxygens (including phenoxy) is 2. The summed E-state index contributed by atoms with van der Waals surface area (Å²) in [7, 11) is 0. The lowest BCUT2D eigenvalue weighted by Gasteiger charge is -2.16. The molecule has 0 spiro atoms. The number of anilines is 2. The number of allylic oxidation sites excluding steroid dienone is 2. The first kappa shape index (κ1) is 20.7. The molecule has 2 atom stereocenters. The van der Waals surface area contributed by atoms with E-state index in [-0.39, 0.29) is 36.4 Å². The number of rotatable bonds is 5. The normalized spacial score (nSPS) is 20.5. The molecule has 0 bridgehead atoms. The molecule has 2 aromatic rings. The molecule has 33 heavy (non-hydrogen) atoms. The molecule has 2 unspecified atom stereocenters. The summed E-state index contributed by atoms with van der Waals surface area (Å²) in [5.74, 6) is -1.28. The Balaban J connectivity index is 1.27. The molecule has 0 aromatic heterocycles. The zero-order valence-corrected chi connectivity index (χ0v) is 17.6. The van der Waals surface area contributed by atoms with Gasteiger partial charge in [0.15, 0.2) is 11.5 Å². The quantitative estimate of drug-likeness (QED) is 0.538. The molecule has 5 rings (SSSR count). The second-order valence-electron chi connectivity index (χ2n) is 8.03. The molecule has 2 aromatic carbocycles. The van der Waals surface area contributed by atoms with Crippen LogP contribution in [0.1, 0.15) is 23.2 Å². The van der Waals surface area contributed by atoms with Gasteiger partial charge in [0.05, 0.1) is 23.1 Å². The fraction of sp³-hybridized carbons (Fsp3) is 0.250. The predicted molar refractivity (Wildman–Crippen MR) is 118 cm³/mol. The predicted octanol–water partition coefficient (Wildman–Crippen LogP) is 2.56. The number of amides is 4. The molecule has 2 aliphatic heterocycles. The van der Waals surface area contributed by atoms with Crippen LogP contribution in [0.5, 0.6) is 11.5 Å². The summed E-state index contributed by atoms with van der Waals surface area (Å²) < 4.78 is 10.6. The van der Waals surface area contributed by atoms with E-state index in [1.54, 1.807) is 42.5 Å². The lowest BCUT2D eigenvalue weighted by Crippen LogP contribution is -2.38. The Morgan fingerprint density at radius 3 is 2.36 bits per heavy atom. The Hall–Kier alpha value is -4.14. The summed E-state index contributed by atoms with van der Waals surface area (Å²) in [6.07, 6.45) is 4.81. The Bertz CT molecular complexity index is 1160.